The van der Waals surface area contributed by atoms with Crippen LogP contribution in [0.5, 0.6) is 11.5 Å². The van der Waals surface area contributed by atoms with Crippen molar-refractivity contribution in [1.82, 2.24) is 15.2 Å². The van der Waals surface area contributed by atoms with Gasteiger partial charge in [-0.05, 0) is 30.7 Å². The van der Waals surface area contributed by atoms with Gasteiger partial charge in [-0.1, -0.05) is 29.3 Å². The lowest BCUT2D eigenvalue weighted by Crippen LogP contribution is -2.37. The van der Waals surface area contributed by atoms with E-state index in [1.807, 2.05) is 42.8 Å². The van der Waals surface area contributed by atoms with Crippen LogP contribution in [0.1, 0.15) is 18.2 Å². The van der Waals surface area contributed by atoms with Crippen LogP contribution in [0, 0.1) is 0 Å². The summed E-state index contributed by atoms with van der Waals surface area (Å²) < 4.78 is 12.6. The summed E-state index contributed by atoms with van der Waals surface area (Å²) in [6.07, 6.45) is 0. The monoisotopic (exact) mass is 428 g/mol. The van der Waals surface area contributed by atoms with Crippen LogP contribution in [0.2, 0.25) is 10.2 Å². The summed E-state index contributed by atoms with van der Waals surface area (Å²) >= 11 is 12.2. The Hall–Kier alpha value is -2.09. The predicted octanol–water partition coefficient (Wildman–Crippen LogP) is 2.97. The molecule has 0 aliphatic heterocycles. The first-order chi connectivity index (χ1) is 13.5. The van der Waals surface area contributed by atoms with Crippen LogP contribution in [0.15, 0.2) is 29.3 Å². The maximum atomic E-state index is 8.89. The molecule has 0 amide bonds. The highest BCUT2D eigenvalue weighted by atomic mass is 35.5. The molecule has 0 fully saturated rings. The van der Waals surface area contributed by atoms with Crippen LogP contribution in [0.4, 0.5) is 0 Å². The van der Waals surface area contributed by atoms with Gasteiger partial charge in [0, 0.05) is 19.3 Å². The number of aliphatic hydroxyl groups is 1. The summed E-state index contributed by atoms with van der Waals surface area (Å²) in [4.78, 5) is 4.61. The number of aromatic nitrogens is 1. The Labute approximate surface area is 175 Å². The number of hydrogen-bond acceptors (Lipinski definition) is 4. The zero-order valence-electron chi connectivity index (χ0n) is 16.3. The maximum Gasteiger partial charge on any atom is 0.191 e. The Morgan fingerprint density at radius 2 is 2.00 bits per heavy atom. The van der Waals surface area contributed by atoms with E-state index in [1.165, 1.54) is 0 Å². The van der Waals surface area contributed by atoms with Gasteiger partial charge in [-0.3, -0.25) is 0 Å². The van der Waals surface area contributed by atoms with E-state index in [4.69, 9.17) is 37.8 Å². The molecule has 1 aromatic heterocycles. The third-order valence-corrected chi connectivity index (χ3v) is 4.84. The summed E-state index contributed by atoms with van der Waals surface area (Å²) in [6, 6.07) is 7.43. The van der Waals surface area contributed by atoms with Crippen molar-refractivity contribution in [2.75, 3.05) is 26.9 Å². The van der Waals surface area contributed by atoms with Crippen molar-refractivity contribution in [3.63, 3.8) is 0 Å². The molecule has 1 aromatic carbocycles. The third-order valence-electron chi connectivity index (χ3n) is 3.99. The van der Waals surface area contributed by atoms with Crippen LogP contribution in [-0.4, -0.2) is 42.5 Å². The molecule has 0 unspecified atom stereocenters. The van der Waals surface area contributed by atoms with Gasteiger partial charge in [0.15, 0.2) is 17.5 Å². The van der Waals surface area contributed by atoms with Gasteiger partial charge in [0.05, 0.1) is 31.8 Å². The van der Waals surface area contributed by atoms with E-state index in [2.05, 4.69) is 15.6 Å². The minimum absolute atomic E-state index is 0.0511. The summed E-state index contributed by atoms with van der Waals surface area (Å²) in [6.45, 7) is 3.90. The minimum atomic E-state index is -0.0511. The molecule has 0 aliphatic rings. The lowest BCUT2D eigenvalue weighted by molar-refractivity contribution is 0.196. The van der Waals surface area contributed by atoms with Gasteiger partial charge in [-0.2, -0.15) is 0 Å². The lowest BCUT2D eigenvalue weighted by atomic mass is 10.2. The Bertz CT molecular complexity index is 809. The van der Waals surface area contributed by atoms with Gasteiger partial charge in [0.25, 0.3) is 0 Å². The molecule has 0 saturated carbocycles. The topological polar surface area (TPSA) is 80.0 Å². The average Bonchev–Trinajstić information content (AvgIpc) is 2.95. The first-order valence-electron chi connectivity index (χ1n) is 8.92. The van der Waals surface area contributed by atoms with Crippen molar-refractivity contribution >= 4 is 29.2 Å². The maximum absolute atomic E-state index is 8.89. The highest BCUT2D eigenvalue weighted by Gasteiger charge is 2.10. The summed E-state index contributed by atoms with van der Waals surface area (Å²) in [7, 11) is 3.44. The number of hydrogen-bond donors (Lipinski definition) is 3. The van der Waals surface area contributed by atoms with Crippen molar-refractivity contribution < 1.29 is 14.6 Å². The van der Waals surface area contributed by atoms with Gasteiger partial charge in [0.2, 0.25) is 0 Å². The van der Waals surface area contributed by atoms with Gasteiger partial charge < -0.3 is 29.8 Å². The fraction of sp³-hybridized carbons (Fsp3) is 0.421. The number of methoxy groups -OCH3 is 1. The fourth-order valence-corrected chi connectivity index (χ4v) is 2.95. The number of ether oxygens (including phenoxy) is 2. The summed E-state index contributed by atoms with van der Waals surface area (Å²) in [5, 5.41) is 16.4. The number of halogens is 2. The van der Waals surface area contributed by atoms with Gasteiger partial charge in [-0.25, -0.2) is 4.99 Å². The molecule has 1 heterocycles. The SMILES string of the molecule is CCNC(=NCc1ccc(OCCO)c(OC)c1)NCc1cc(Cl)c(Cl)n1C. The standard InChI is InChI=1S/C19H26Cl2N4O3/c1-4-22-19(24-12-14-10-15(20)18(21)25(14)2)23-11-13-5-6-16(28-8-7-26)17(9-13)27-3/h5-6,9-10,26H,4,7-8,11-12H2,1-3H3,(H2,22,23,24). The molecular formula is C19H26Cl2N4O3. The molecule has 0 aliphatic carbocycles. The Morgan fingerprint density at radius 3 is 2.61 bits per heavy atom. The van der Waals surface area contributed by atoms with Crippen molar-refractivity contribution in [2.45, 2.75) is 20.0 Å². The third kappa shape index (κ3) is 5.95. The van der Waals surface area contributed by atoms with E-state index in [0.29, 0.717) is 40.7 Å². The molecule has 7 nitrogen and oxygen atoms in total. The van der Waals surface area contributed by atoms with E-state index in [-0.39, 0.29) is 13.2 Å². The van der Waals surface area contributed by atoms with E-state index in [1.54, 1.807) is 7.11 Å². The second-order valence-corrected chi connectivity index (χ2v) is 6.70. The number of nitrogens with one attached hydrogen (secondary N) is 2. The smallest absolute Gasteiger partial charge is 0.191 e. The normalized spacial score (nSPS) is 11.4. The number of benzene rings is 1. The molecule has 0 radical (unpaired) electrons. The van der Waals surface area contributed by atoms with Gasteiger partial charge in [-0.15, -0.1) is 0 Å². The van der Waals surface area contributed by atoms with E-state index in [9.17, 15) is 0 Å². The molecule has 0 bridgehead atoms. The number of nitrogens with zero attached hydrogens (tertiary/aromatic N) is 2. The molecule has 28 heavy (non-hydrogen) atoms. The Balaban J connectivity index is 2.06. The van der Waals surface area contributed by atoms with E-state index < -0.39 is 0 Å². The molecule has 154 valence electrons. The molecular weight excluding hydrogens is 403 g/mol. The average molecular weight is 429 g/mol. The fourth-order valence-electron chi connectivity index (χ4n) is 2.53. The summed E-state index contributed by atoms with van der Waals surface area (Å²) in [5.74, 6) is 1.87. The zero-order valence-corrected chi connectivity index (χ0v) is 17.8. The van der Waals surface area contributed by atoms with Crippen molar-refractivity contribution in [2.24, 2.45) is 12.0 Å². The molecule has 0 atom stereocenters. The Morgan fingerprint density at radius 1 is 1.21 bits per heavy atom. The van der Waals surface area contributed by atoms with E-state index in [0.717, 1.165) is 17.8 Å². The van der Waals surface area contributed by atoms with Crippen LogP contribution in [0.25, 0.3) is 0 Å². The predicted molar refractivity (Wildman–Crippen MR) is 113 cm³/mol. The van der Waals surface area contributed by atoms with Crippen LogP contribution in [-0.2, 0) is 20.1 Å². The zero-order chi connectivity index (χ0) is 20.5. The largest absolute Gasteiger partial charge is 0.493 e. The molecule has 2 aromatic rings. The Kier molecular flexibility index (Phi) is 8.76. The van der Waals surface area contributed by atoms with E-state index >= 15 is 0 Å². The number of guanidine groups is 1. The molecule has 9 heteroatoms. The molecule has 2 rings (SSSR count). The number of aliphatic hydroxyl groups excluding tert-OH is 1. The lowest BCUT2D eigenvalue weighted by Gasteiger charge is -2.13. The molecule has 3 N–H and O–H groups in total. The first-order valence-corrected chi connectivity index (χ1v) is 9.68. The van der Waals surface area contributed by atoms with Gasteiger partial charge >= 0.3 is 0 Å². The van der Waals surface area contributed by atoms with Crippen LogP contribution in [0.3, 0.4) is 0 Å². The summed E-state index contributed by atoms with van der Waals surface area (Å²) in [5.41, 5.74) is 1.92. The number of aliphatic imine (C=N–C) groups is 1. The highest BCUT2D eigenvalue weighted by molar-refractivity contribution is 6.41. The first kappa shape index (κ1) is 22.2. The molecule has 0 saturated heterocycles. The van der Waals surface area contributed by atoms with Crippen LogP contribution < -0.4 is 20.1 Å². The molecule has 0 spiro atoms. The number of rotatable bonds is 9. The van der Waals surface area contributed by atoms with Crippen molar-refractivity contribution in [3.05, 3.63) is 45.7 Å². The van der Waals surface area contributed by atoms with Gasteiger partial charge in [0.1, 0.15) is 11.8 Å². The second-order valence-electron chi connectivity index (χ2n) is 5.94. The highest BCUT2D eigenvalue weighted by Crippen LogP contribution is 2.28. The van der Waals surface area contributed by atoms with Crippen molar-refractivity contribution in [1.29, 1.82) is 0 Å². The minimum Gasteiger partial charge on any atom is -0.493 e. The van der Waals surface area contributed by atoms with Crippen LogP contribution >= 0.6 is 23.2 Å². The quantitative estimate of drug-likeness (QED) is 0.422. The second kappa shape index (κ2) is 11.0. The van der Waals surface area contributed by atoms with Crippen molar-refractivity contribution in [3.8, 4) is 11.5 Å².